The zero-order valence-corrected chi connectivity index (χ0v) is 10.9. The van der Waals surface area contributed by atoms with Crippen LogP contribution in [0.25, 0.3) is 0 Å². The van der Waals surface area contributed by atoms with Gasteiger partial charge in [0.15, 0.2) is 0 Å². The molecule has 0 radical (unpaired) electrons. The number of halogens is 1. The highest BCUT2D eigenvalue weighted by Gasteiger charge is 2.24. The predicted molar refractivity (Wildman–Crippen MR) is 71.7 cm³/mol. The lowest BCUT2D eigenvalue weighted by Crippen LogP contribution is -2.17. The van der Waals surface area contributed by atoms with Crippen molar-refractivity contribution in [1.29, 1.82) is 0 Å². The summed E-state index contributed by atoms with van der Waals surface area (Å²) in [4.78, 5) is 2.24. The maximum Gasteiger partial charge on any atom is 0.0875 e. The van der Waals surface area contributed by atoms with E-state index in [9.17, 15) is 0 Å². The van der Waals surface area contributed by atoms with Gasteiger partial charge < -0.3 is 10.2 Å². The molecule has 1 aromatic carbocycles. The Morgan fingerprint density at radius 1 is 1.38 bits per heavy atom. The first-order chi connectivity index (χ1) is 7.69. The van der Waals surface area contributed by atoms with E-state index < -0.39 is 0 Å². The monoisotopic (exact) mass is 238 g/mol. The smallest absolute Gasteiger partial charge is 0.0875 e. The van der Waals surface area contributed by atoms with Crippen LogP contribution in [0.15, 0.2) is 12.1 Å². The molecule has 2 rings (SSSR count). The summed E-state index contributed by atoms with van der Waals surface area (Å²) in [5.74, 6) is 0.633. The van der Waals surface area contributed by atoms with Crippen LogP contribution in [0.5, 0.6) is 0 Å². The van der Waals surface area contributed by atoms with Gasteiger partial charge in [0.2, 0.25) is 0 Å². The minimum Gasteiger partial charge on any atom is -0.365 e. The second-order valence-electron chi connectivity index (χ2n) is 4.41. The molecule has 0 saturated carbocycles. The number of hydrogen-bond acceptors (Lipinski definition) is 2. The van der Waals surface area contributed by atoms with Crippen molar-refractivity contribution in [3.05, 3.63) is 22.7 Å². The Morgan fingerprint density at radius 2 is 2.06 bits per heavy atom. The number of fused-ring (bicyclic) bond motifs is 1. The van der Waals surface area contributed by atoms with Gasteiger partial charge in [0.05, 0.1) is 23.1 Å². The highest BCUT2D eigenvalue weighted by atomic mass is 35.5. The third-order valence-electron chi connectivity index (χ3n) is 3.46. The Balaban J connectivity index is 2.51. The zero-order valence-electron chi connectivity index (χ0n) is 10.2. The van der Waals surface area contributed by atoms with E-state index in [0.717, 1.165) is 17.4 Å². The summed E-state index contributed by atoms with van der Waals surface area (Å²) in [5.41, 5.74) is 3.83. The fourth-order valence-corrected chi connectivity index (χ4v) is 2.72. The average Bonchev–Trinajstić information content (AvgIpc) is 2.67. The maximum atomic E-state index is 6.21. The Hall–Kier alpha value is -0.890. The number of nitrogens with one attached hydrogen (secondary N) is 1. The van der Waals surface area contributed by atoms with E-state index in [1.165, 1.54) is 24.1 Å². The van der Waals surface area contributed by atoms with Gasteiger partial charge >= 0.3 is 0 Å². The van der Waals surface area contributed by atoms with Crippen LogP contribution < -0.4 is 10.2 Å². The summed E-state index contributed by atoms with van der Waals surface area (Å²) in [7, 11) is 2.11. The number of rotatable bonds is 3. The molecule has 0 fully saturated rings. The molecule has 2 nitrogen and oxygen atoms in total. The Bertz CT molecular complexity index is 386. The maximum absolute atomic E-state index is 6.21. The Labute approximate surface area is 103 Å². The molecule has 1 aliphatic heterocycles. The van der Waals surface area contributed by atoms with Crippen molar-refractivity contribution >= 4 is 23.0 Å². The first-order valence-corrected chi connectivity index (χ1v) is 6.34. The van der Waals surface area contributed by atoms with Crippen LogP contribution in [0.2, 0.25) is 5.02 Å². The molecule has 88 valence electrons. The molecule has 0 amide bonds. The summed E-state index contributed by atoms with van der Waals surface area (Å²) in [6, 6.07) is 4.20. The molecule has 0 aromatic heterocycles. The van der Waals surface area contributed by atoms with Crippen LogP contribution in [0.4, 0.5) is 11.4 Å². The van der Waals surface area contributed by atoms with Gasteiger partial charge in [0.1, 0.15) is 0 Å². The van der Waals surface area contributed by atoms with Crippen LogP contribution in [0.1, 0.15) is 38.2 Å². The molecule has 0 unspecified atom stereocenters. The van der Waals surface area contributed by atoms with E-state index in [1.54, 1.807) is 0 Å². The van der Waals surface area contributed by atoms with Crippen molar-refractivity contribution in [2.24, 2.45) is 0 Å². The summed E-state index contributed by atoms with van der Waals surface area (Å²) < 4.78 is 0. The fraction of sp³-hybridized carbons (Fsp3) is 0.538. The van der Waals surface area contributed by atoms with Gasteiger partial charge in [0.25, 0.3) is 0 Å². The number of hydrogen-bond donors (Lipinski definition) is 1. The SMILES string of the molecule is CCC(CC)c1ccc(Cl)c2c1N(C)CN2. The Morgan fingerprint density at radius 3 is 2.69 bits per heavy atom. The van der Waals surface area contributed by atoms with E-state index in [1.807, 2.05) is 6.07 Å². The van der Waals surface area contributed by atoms with Crippen LogP contribution in [-0.2, 0) is 0 Å². The zero-order chi connectivity index (χ0) is 11.7. The summed E-state index contributed by atoms with van der Waals surface area (Å²) >= 11 is 6.21. The molecule has 3 heteroatoms. The third-order valence-corrected chi connectivity index (χ3v) is 3.77. The molecular formula is C13H19ClN2. The quantitative estimate of drug-likeness (QED) is 0.854. The van der Waals surface area contributed by atoms with E-state index in [-0.39, 0.29) is 0 Å². The normalized spacial score (nSPS) is 14.2. The van der Waals surface area contributed by atoms with Crippen molar-refractivity contribution in [2.45, 2.75) is 32.6 Å². The molecule has 1 aromatic rings. The van der Waals surface area contributed by atoms with Crippen molar-refractivity contribution in [3.8, 4) is 0 Å². The van der Waals surface area contributed by atoms with Crippen LogP contribution >= 0.6 is 11.6 Å². The van der Waals surface area contributed by atoms with Gasteiger partial charge in [-0.25, -0.2) is 0 Å². The lowest BCUT2D eigenvalue weighted by atomic mass is 9.92. The van der Waals surface area contributed by atoms with E-state index >= 15 is 0 Å². The van der Waals surface area contributed by atoms with Crippen LogP contribution in [0, 0.1) is 0 Å². The van der Waals surface area contributed by atoms with Crippen molar-refractivity contribution in [3.63, 3.8) is 0 Å². The minimum absolute atomic E-state index is 0.633. The van der Waals surface area contributed by atoms with Gasteiger partial charge in [-0.3, -0.25) is 0 Å². The van der Waals surface area contributed by atoms with Gasteiger partial charge in [0, 0.05) is 7.05 Å². The Kier molecular flexibility index (Phi) is 3.29. The molecule has 0 aliphatic carbocycles. The highest BCUT2D eigenvalue weighted by Crippen LogP contribution is 2.43. The standard InChI is InChI=1S/C13H19ClN2/c1-4-9(5-2)10-6-7-11(14)12-13(10)16(3)8-15-12/h6-7,9,15H,4-5,8H2,1-3H3. The largest absolute Gasteiger partial charge is 0.365 e. The van der Waals surface area contributed by atoms with E-state index in [0.29, 0.717) is 5.92 Å². The van der Waals surface area contributed by atoms with Gasteiger partial charge in [-0.05, 0) is 30.4 Å². The molecular weight excluding hydrogens is 220 g/mol. The van der Waals surface area contributed by atoms with Crippen molar-refractivity contribution in [2.75, 3.05) is 23.9 Å². The second kappa shape index (κ2) is 4.54. The predicted octanol–water partition coefficient (Wildman–Crippen LogP) is 4.06. The first-order valence-electron chi connectivity index (χ1n) is 5.96. The lowest BCUT2D eigenvalue weighted by Gasteiger charge is -2.21. The number of benzene rings is 1. The number of nitrogens with zero attached hydrogens (tertiary/aromatic N) is 1. The summed E-state index contributed by atoms with van der Waals surface area (Å²) in [6.45, 7) is 5.35. The second-order valence-corrected chi connectivity index (χ2v) is 4.81. The van der Waals surface area contributed by atoms with E-state index in [2.05, 4.69) is 37.2 Å². The minimum atomic E-state index is 0.633. The third kappa shape index (κ3) is 1.75. The molecule has 0 saturated heterocycles. The molecule has 1 heterocycles. The van der Waals surface area contributed by atoms with Gasteiger partial charge in [-0.1, -0.05) is 31.5 Å². The average molecular weight is 239 g/mol. The van der Waals surface area contributed by atoms with Crippen LogP contribution in [-0.4, -0.2) is 13.7 Å². The van der Waals surface area contributed by atoms with E-state index in [4.69, 9.17) is 11.6 Å². The number of anilines is 2. The lowest BCUT2D eigenvalue weighted by molar-refractivity contribution is 0.642. The molecule has 16 heavy (non-hydrogen) atoms. The molecule has 0 bridgehead atoms. The first kappa shape index (κ1) is 11.6. The van der Waals surface area contributed by atoms with Gasteiger partial charge in [-0.2, -0.15) is 0 Å². The van der Waals surface area contributed by atoms with Crippen LogP contribution in [0.3, 0.4) is 0 Å². The summed E-state index contributed by atoms with van der Waals surface area (Å²) in [5, 5.41) is 4.18. The highest BCUT2D eigenvalue weighted by molar-refractivity contribution is 6.34. The summed E-state index contributed by atoms with van der Waals surface area (Å²) in [6.07, 6.45) is 2.36. The molecule has 0 atom stereocenters. The van der Waals surface area contributed by atoms with Crippen molar-refractivity contribution < 1.29 is 0 Å². The van der Waals surface area contributed by atoms with Crippen molar-refractivity contribution in [1.82, 2.24) is 0 Å². The fourth-order valence-electron chi connectivity index (χ4n) is 2.50. The molecule has 1 aliphatic rings. The van der Waals surface area contributed by atoms with Gasteiger partial charge in [-0.15, -0.1) is 0 Å². The molecule has 0 spiro atoms. The molecule has 1 N–H and O–H groups in total. The topological polar surface area (TPSA) is 15.3 Å².